The minimum absolute atomic E-state index is 0.0443. The molecule has 2 aliphatic heterocycles. The van der Waals surface area contributed by atoms with Gasteiger partial charge in [-0.3, -0.25) is 34.2 Å². The van der Waals surface area contributed by atoms with E-state index < -0.39 is 28.8 Å². The summed E-state index contributed by atoms with van der Waals surface area (Å²) in [6.45, 7) is -0.643. The summed E-state index contributed by atoms with van der Waals surface area (Å²) in [7, 11) is 0. The Hall–Kier alpha value is -3.51. The molecule has 3 rings (SSSR count). The molecule has 1 fully saturated rings. The lowest BCUT2D eigenvalue weighted by molar-refractivity contribution is -0.384. The quantitative estimate of drug-likeness (QED) is 0.384. The molecule has 0 aliphatic carbocycles. The maximum atomic E-state index is 12.5. The maximum absolute atomic E-state index is 12.5. The molecule has 0 spiro atoms. The van der Waals surface area contributed by atoms with Crippen molar-refractivity contribution in [3.05, 3.63) is 39.4 Å². The average molecular weight is 442 g/mol. The van der Waals surface area contributed by atoms with E-state index in [-0.39, 0.29) is 68.3 Å². The summed E-state index contributed by atoms with van der Waals surface area (Å²) < 4.78 is 37.4. The van der Waals surface area contributed by atoms with Gasteiger partial charge in [0.2, 0.25) is 5.91 Å². The van der Waals surface area contributed by atoms with E-state index in [0.29, 0.717) is 4.90 Å². The summed E-state index contributed by atoms with van der Waals surface area (Å²) in [6.07, 6.45) is -4.89. The number of nitro benzene ring substituents is 1. The van der Waals surface area contributed by atoms with E-state index in [4.69, 9.17) is 0 Å². The number of benzene rings is 1. The van der Waals surface area contributed by atoms with Gasteiger partial charge < -0.3 is 9.80 Å². The number of carbonyl (C=O) groups excluding carboxylic acids is 4. The first kappa shape index (κ1) is 22.2. The Kier molecular flexibility index (Phi) is 5.95. The number of fused-ring (bicyclic) bond motifs is 1. The highest BCUT2D eigenvalue weighted by Gasteiger charge is 2.43. The number of nitrogens with zero attached hydrogens (tertiary/aromatic N) is 4. The summed E-state index contributed by atoms with van der Waals surface area (Å²) in [4.78, 5) is 61.3. The van der Waals surface area contributed by atoms with Crippen LogP contribution in [0.3, 0.4) is 0 Å². The lowest BCUT2D eigenvalue weighted by Gasteiger charge is -2.35. The number of piperazine rings is 1. The van der Waals surface area contributed by atoms with Crippen LogP contribution in [-0.2, 0) is 9.59 Å². The Labute approximate surface area is 173 Å². The fraction of sp³-hybridized carbons (Fsp3) is 0.444. The van der Waals surface area contributed by atoms with Crippen molar-refractivity contribution in [3.8, 4) is 0 Å². The van der Waals surface area contributed by atoms with Crippen LogP contribution in [0.5, 0.6) is 0 Å². The molecule has 31 heavy (non-hydrogen) atoms. The zero-order valence-corrected chi connectivity index (χ0v) is 16.1. The molecule has 0 aromatic heterocycles. The van der Waals surface area contributed by atoms with Crippen LogP contribution in [-0.4, -0.2) is 82.2 Å². The van der Waals surface area contributed by atoms with Gasteiger partial charge in [0, 0.05) is 51.3 Å². The van der Waals surface area contributed by atoms with Crippen LogP contribution in [0.1, 0.15) is 33.6 Å². The van der Waals surface area contributed by atoms with Crippen LogP contribution < -0.4 is 0 Å². The zero-order chi connectivity index (χ0) is 22.9. The third kappa shape index (κ3) is 4.49. The van der Waals surface area contributed by atoms with E-state index in [1.807, 2.05) is 0 Å². The van der Waals surface area contributed by atoms with E-state index in [9.17, 15) is 42.5 Å². The predicted octanol–water partition coefficient (Wildman–Crippen LogP) is 1.20. The molecule has 0 atom stereocenters. The molecule has 0 radical (unpaired) electrons. The highest BCUT2D eigenvalue weighted by molar-refractivity contribution is 6.21. The molecule has 1 saturated heterocycles. The topological polar surface area (TPSA) is 121 Å². The molecule has 0 unspecified atom stereocenters. The van der Waals surface area contributed by atoms with E-state index in [1.54, 1.807) is 0 Å². The molecule has 1 aromatic rings. The normalized spacial score (nSPS) is 16.5. The fourth-order valence-electron chi connectivity index (χ4n) is 3.48. The molecule has 10 nitrogen and oxygen atoms in total. The molecule has 13 heteroatoms. The Morgan fingerprint density at radius 1 is 1.00 bits per heavy atom. The first-order valence-electron chi connectivity index (χ1n) is 9.29. The van der Waals surface area contributed by atoms with Crippen molar-refractivity contribution < 1.29 is 37.3 Å². The summed E-state index contributed by atoms with van der Waals surface area (Å²) in [5.74, 6) is -3.60. The molecular formula is C18H17F3N4O6. The van der Waals surface area contributed by atoms with Crippen molar-refractivity contribution in [2.75, 3.05) is 32.7 Å². The van der Waals surface area contributed by atoms with Crippen LogP contribution >= 0.6 is 0 Å². The van der Waals surface area contributed by atoms with Crippen LogP contribution in [0.25, 0.3) is 0 Å². The minimum Gasteiger partial charge on any atom is -0.339 e. The van der Waals surface area contributed by atoms with Crippen molar-refractivity contribution in [2.45, 2.75) is 19.0 Å². The number of rotatable bonds is 5. The lowest BCUT2D eigenvalue weighted by Crippen LogP contribution is -2.53. The summed E-state index contributed by atoms with van der Waals surface area (Å²) >= 11 is 0. The molecule has 0 saturated carbocycles. The standard InChI is InChI=1S/C18H17F3N4O6/c19-18(20,21)17(29)23-8-6-22(7-9-23)14(26)2-1-5-24-15(27)12-4-3-11(25(30)31)10-13(12)16(24)28/h3-4,10H,1-2,5-9H2. The fourth-order valence-corrected chi connectivity index (χ4v) is 3.48. The number of hydrogen-bond donors (Lipinski definition) is 0. The van der Waals surface area contributed by atoms with Crippen LogP contribution in [0, 0.1) is 10.1 Å². The second-order valence-corrected chi connectivity index (χ2v) is 7.02. The van der Waals surface area contributed by atoms with Gasteiger partial charge in [-0.1, -0.05) is 0 Å². The number of non-ortho nitro benzene ring substituents is 1. The van der Waals surface area contributed by atoms with Crippen molar-refractivity contribution in [3.63, 3.8) is 0 Å². The highest BCUT2D eigenvalue weighted by atomic mass is 19.4. The number of halogens is 3. The van der Waals surface area contributed by atoms with Gasteiger partial charge in [-0.2, -0.15) is 13.2 Å². The molecule has 0 N–H and O–H groups in total. The molecule has 4 amide bonds. The van der Waals surface area contributed by atoms with Crippen LogP contribution in [0.4, 0.5) is 18.9 Å². The molecule has 0 bridgehead atoms. The average Bonchev–Trinajstić information content (AvgIpc) is 2.96. The van der Waals surface area contributed by atoms with E-state index >= 15 is 0 Å². The van der Waals surface area contributed by atoms with Gasteiger partial charge in [0.05, 0.1) is 16.1 Å². The number of amides is 4. The monoisotopic (exact) mass is 442 g/mol. The zero-order valence-electron chi connectivity index (χ0n) is 16.1. The van der Waals surface area contributed by atoms with Gasteiger partial charge in [-0.05, 0) is 12.5 Å². The van der Waals surface area contributed by atoms with Gasteiger partial charge in [0.15, 0.2) is 0 Å². The molecular weight excluding hydrogens is 425 g/mol. The SMILES string of the molecule is O=C(CCCN1C(=O)c2ccc([N+](=O)[O-])cc2C1=O)N1CCN(C(=O)C(F)(F)F)CC1. The number of nitro groups is 1. The summed E-state index contributed by atoms with van der Waals surface area (Å²) in [6, 6.07) is 3.36. The van der Waals surface area contributed by atoms with Gasteiger partial charge in [0.1, 0.15) is 0 Å². The van der Waals surface area contributed by atoms with Gasteiger partial charge in [-0.25, -0.2) is 0 Å². The smallest absolute Gasteiger partial charge is 0.339 e. The van der Waals surface area contributed by atoms with Crippen LogP contribution in [0.2, 0.25) is 0 Å². The molecule has 166 valence electrons. The van der Waals surface area contributed by atoms with E-state index in [0.717, 1.165) is 17.0 Å². The largest absolute Gasteiger partial charge is 0.471 e. The Morgan fingerprint density at radius 2 is 1.58 bits per heavy atom. The van der Waals surface area contributed by atoms with Crippen molar-refractivity contribution in [1.82, 2.24) is 14.7 Å². The van der Waals surface area contributed by atoms with Gasteiger partial charge in [0.25, 0.3) is 17.5 Å². The Morgan fingerprint density at radius 3 is 2.16 bits per heavy atom. The predicted molar refractivity (Wildman–Crippen MR) is 96.9 cm³/mol. The Balaban J connectivity index is 1.50. The first-order chi connectivity index (χ1) is 14.5. The number of hydrogen-bond acceptors (Lipinski definition) is 6. The first-order valence-corrected chi connectivity index (χ1v) is 9.29. The van der Waals surface area contributed by atoms with Gasteiger partial charge in [-0.15, -0.1) is 0 Å². The summed E-state index contributed by atoms with van der Waals surface area (Å²) in [5, 5.41) is 10.9. The summed E-state index contributed by atoms with van der Waals surface area (Å²) in [5.41, 5.74) is -0.344. The van der Waals surface area contributed by atoms with Crippen molar-refractivity contribution in [2.24, 2.45) is 0 Å². The number of imide groups is 1. The van der Waals surface area contributed by atoms with Crippen LogP contribution in [0.15, 0.2) is 18.2 Å². The lowest BCUT2D eigenvalue weighted by atomic mass is 10.1. The molecule has 1 aromatic carbocycles. The van der Waals surface area contributed by atoms with E-state index in [2.05, 4.69) is 0 Å². The molecule has 2 aliphatic rings. The minimum atomic E-state index is -4.96. The number of alkyl halides is 3. The second-order valence-electron chi connectivity index (χ2n) is 7.02. The van der Waals surface area contributed by atoms with E-state index in [1.165, 1.54) is 11.0 Å². The highest BCUT2D eigenvalue weighted by Crippen LogP contribution is 2.27. The van der Waals surface area contributed by atoms with Crippen molar-refractivity contribution in [1.29, 1.82) is 0 Å². The van der Waals surface area contributed by atoms with Crippen molar-refractivity contribution >= 4 is 29.3 Å². The number of carbonyl (C=O) groups is 4. The third-order valence-corrected chi connectivity index (χ3v) is 5.10. The Bertz CT molecular complexity index is 956. The maximum Gasteiger partial charge on any atom is 0.471 e. The molecule has 2 heterocycles. The second kappa shape index (κ2) is 8.32. The third-order valence-electron chi connectivity index (χ3n) is 5.10. The van der Waals surface area contributed by atoms with Gasteiger partial charge >= 0.3 is 12.1 Å².